The summed E-state index contributed by atoms with van der Waals surface area (Å²) >= 11 is 0. The molecule has 0 saturated carbocycles. The molecule has 4 aliphatic carbocycles. The summed E-state index contributed by atoms with van der Waals surface area (Å²) in [5.41, 5.74) is 9.05. The van der Waals surface area contributed by atoms with E-state index in [-0.39, 0.29) is 17.2 Å². The Morgan fingerprint density at radius 2 is 0.494 bits per heavy atom. The van der Waals surface area contributed by atoms with Crippen LogP contribution in [0.15, 0.2) is 58.8 Å². The van der Waals surface area contributed by atoms with Gasteiger partial charge in [0.1, 0.15) is 0 Å². The molecular formula is C75H14N3O-. The van der Waals surface area contributed by atoms with Gasteiger partial charge in [-0.2, -0.15) is 10.2 Å². The van der Waals surface area contributed by atoms with Gasteiger partial charge in [0.25, 0.3) is 0 Å². The van der Waals surface area contributed by atoms with Crippen molar-refractivity contribution in [3.05, 3.63) is 76.3 Å². The highest BCUT2D eigenvalue weighted by molar-refractivity contribution is 6.82. The van der Waals surface area contributed by atoms with Gasteiger partial charge in [0.15, 0.2) is 0 Å². The predicted molar refractivity (Wildman–Crippen MR) is 326 cm³/mol. The zero-order valence-corrected chi connectivity index (χ0v) is 40.7. The van der Waals surface area contributed by atoms with Gasteiger partial charge in [0, 0.05) is 12.6 Å². The topological polar surface area (TPSA) is 51.0 Å². The van der Waals surface area contributed by atoms with Crippen LogP contribution in [0.5, 0.6) is 5.75 Å². The highest BCUT2D eigenvalue weighted by Gasteiger charge is 2.75. The summed E-state index contributed by atoms with van der Waals surface area (Å²) in [5, 5.41) is 110. The third-order valence-electron chi connectivity index (χ3n) is 27.2. The van der Waals surface area contributed by atoms with E-state index in [9.17, 15) is 5.11 Å². The molecule has 4 heteroatoms. The van der Waals surface area contributed by atoms with Gasteiger partial charge in [-0.3, -0.25) is 4.90 Å². The van der Waals surface area contributed by atoms with Gasteiger partial charge in [-0.1, -0.05) is 24.3 Å². The monoisotopic (exact) mass is 972 g/mol. The van der Waals surface area contributed by atoms with Gasteiger partial charge in [-0.15, -0.1) is 5.75 Å². The molecule has 79 heavy (non-hydrogen) atoms. The van der Waals surface area contributed by atoms with Crippen molar-refractivity contribution >= 4 is 302 Å². The second kappa shape index (κ2) is 7.33. The molecule has 1 fully saturated rings. The normalized spacial score (nSPS) is 22.6. The van der Waals surface area contributed by atoms with E-state index in [1.54, 1.807) is 337 Å². The quantitative estimate of drug-likeness (QED) is 0.131. The number of rotatable bonds is 3. The van der Waals surface area contributed by atoms with Crippen LogP contribution in [0, 0.1) is 0 Å². The lowest BCUT2D eigenvalue weighted by Gasteiger charge is -2.52. The highest BCUT2D eigenvalue weighted by Crippen LogP contribution is 2.87. The van der Waals surface area contributed by atoms with Crippen LogP contribution in [0.1, 0.15) is 33.9 Å². The number of likely N-dealkylation sites (N-methyl/N-ethyl adjacent to an activating group) is 1. The first-order valence-corrected chi connectivity index (χ1v) is 28.9. The smallest absolute Gasteiger partial charge is 0.0857 e. The average Bonchev–Trinajstić information content (AvgIpc) is 1.56. The van der Waals surface area contributed by atoms with Gasteiger partial charge < -0.3 is 5.11 Å². The third-order valence-corrected chi connectivity index (χ3v) is 27.2. The van der Waals surface area contributed by atoms with Crippen LogP contribution in [0.3, 0.4) is 0 Å². The Kier molecular flexibility index (Phi) is 2.86. The molecule has 2 spiro atoms. The minimum Gasteiger partial charge on any atom is -0.872 e. The standard InChI is InChI=1S/C75H15N3O/c1-78-10-74-69-61-53-43-33-25-17-15-16-19-23-21(17)29-37-31(23)41-35-27(19)28-20(16)24-22-18(15)26(25)34-40-30(22)38-32(24)42-36(28)46-45(35)57-51(41)59-49(37)55(47(53)39(29)33)63(69)65(59)71-67(57)68-58(46)52(42)60-50(38)56-48(40)54(44(34)43)62(61)70(74)64(56)66(60)72(68)75(71,74)73(78)11-2-4-12(5-3-11)76-77-13-6-8-14(79)9-7-13/h2-9,73,79H,10H2,1H3/p-1. The second-order valence-corrected chi connectivity index (χ2v) is 28.1. The van der Waals surface area contributed by atoms with Crippen molar-refractivity contribution in [2.45, 2.75) is 16.9 Å². The van der Waals surface area contributed by atoms with E-state index in [4.69, 9.17) is 5.11 Å². The molecule has 0 amide bonds. The van der Waals surface area contributed by atoms with E-state index >= 15 is 0 Å². The molecular weight excluding hydrogens is 959 g/mol. The maximum Gasteiger partial charge on any atom is 0.0857 e. The van der Waals surface area contributed by atoms with Crippen molar-refractivity contribution in [1.29, 1.82) is 0 Å². The zero-order valence-electron chi connectivity index (χ0n) is 40.7. The first-order chi connectivity index (χ1) is 39.2. The van der Waals surface area contributed by atoms with Crippen molar-refractivity contribution in [3.63, 3.8) is 0 Å². The van der Waals surface area contributed by atoms with Crippen molar-refractivity contribution in [3.8, 4) is 5.75 Å². The summed E-state index contributed by atoms with van der Waals surface area (Å²) in [6.07, 6.45) is 0. The summed E-state index contributed by atoms with van der Waals surface area (Å²) in [7, 11) is 2.53. The minimum absolute atomic E-state index is 0.0116. The Morgan fingerprint density at radius 1 is 0.291 bits per heavy atom. The summed E-state index contributed by atoms with van der Waals surface area (Å²) in [6.45, 7) is 0.977. The molecule has 30 aromatic carbocycles. The summed E-state index contributed by atoms with van der Waals surface area (Å²) in [4.78, 5) is 2.89. The molecule has 1 unspecified atom stereocenters. The molecule has 0 N–H and O–H groups in total. The van der Waals surface area contributed by atoms with Gasteiger partial charge in [-0.25, -0.2) is 0 Å². The maximum absolute atomic E-state index is 12.0. The third kappa shape index (κ3) is 1.81. The lowest BCUT2D eigenvalue weighted by atomic mass is 9.47. The van der Waals surface area contributed by atoms with E-state index in [1.807, 2.05) is 0 Å². The summed E-state index contributed by atoms with van der Waals surface area (Å²) in [6, 6.07) is 16.1. The number of hydrogen-bond acceptors (Lipinski definition) is 4. The highest BCUT2D eigenvalue weighted by atomic mass is 16.3. The number of azo groups is 1. The largest absolute Gasteiger partial charge is 0.872 e. The lowest BCUT2D eigenvalue weighted by Crippen LogP contribution is -2.51. The van der Waals surface area contributed by atoms with E-state index in [0.717, 1.165) is 12.2 Å². The average molecular weight is 973 g/mol. The molecule has 0 aromatic heterocycles. The molecule has 5 aliphatic rings. The first-order valence-electron chi connectivity index (χ1n) is 28.9. The van der Waals surface area contributed by atoms with E-state index in [2.05, 4.69) is 41.3 Å². The maximum atomic E-state index is 12.0. The van der Waals surface area contributed by atoms with Crippen molar-refractivity contribution < 1.29 is 5.11 Å². The number of hydrogen-bond donors (Lipinski definition) is 0. The Labute approximate surface area is 432 Å². The first kappa shape index (κ1) is 30.9. The van der Waals surface area contributed by atoms with Crippen LogP contribution < -0.4 is 5.11 Å². The van der Waals surface area contributed by atoms with Crippen LogP contribution in [0.25, 0.3) is 291 Å². The molecule has 30 aromatic rings. The molecule has 4 nitrogen and oxygen atoms in total. The fourth-order valence-electron chi connectivity index (χ4n) is 26.9. The van der Waals surface area contributed by atoms with E-state index in [1.165, 1.54) is 5.56 Å². The second-order valence-electron chi connectivity index (χ2n) is 28.1. The Bertz CT molecular complexity index is 7760. The number of likely N-dealkylation sites (tertiary alicyclic amines) is 1. The SMILES string of the molecule is CN1CC23c4c5c6c7c8c9c(c%10c%11c2c2c4c4c%12c5c5c6c6c8c8c%13c9c9c%10c%10c%11c%11c2c2c4c4c%12c%12c5c5c6c8c6c8c%13c9c9c%10c%10c%11c2c2c4c4c%12c5c6c5c8c9c%10c2c45)C73C1c1ccc(N=Nc2ccc([O-])cc2)cc1. The van der Waals surface area contributed by atoms with Crippen LogP contribution in [0.4, 0.5) is 11.4 Å². The van der Waals surface area contributed by atoms with Crippen LogP contribution in [-0.4, -0.2) is 18.5 Å². The van der Waals surface area contributed by atoms with E-state index in [0.29, 0.717) is 5.69 Å². The van der Waals surface area contributed by atoms with Crippen LogP contribution in [-0.2, 0) is 10.8 Å². The van der Waals surface area contributed by atoms with Crippen LogP contribution in [0.2, 0.25) is 0 Å². The molecule has 1 saturated heterocycles. The molecule has 1 aliphatic heterocycles. The van der Waals surface area contributed by atoms with E-state index < -0.39 is 5.41 Å². The Morgan fingerprint density at radius 3 is 0.734 bits per heavy atom. The minimum atomic E-state index is -0.407. The number of nitrogens with zero attached hydrogens (tertiary/aromatic N) is 3. The summed E-state index contributed by atoms with van der Waals surface area (Å²) in [5.74, 6) is -0.0116. The molecule has 0 bridgehead atoms. The van der Waals surface area contributed by atoms with Gasteiger partial charge >= 0.3 is 0 Å². The molecule has 1 atom stereocenters. The molecule has 0 radical (unpaired) electrons. The number of benzene rings is 20. The fourth-order valence-corrected chi connectivity index (χ4v) is 26.9. The Hall–Kier alpha value is -9.74. The predicted octanol–water partition coefficient (Wildman–Crippen LogP) is 19.5. The lowest BCUT2D eigenvalue weighted by molar-refractivity contribution is -0.268. The van der Waals surface area contributed by atoms with Crippen molar-refractivity contribution in [2.75, 3.05) is 13.6 Å². The van der Waals surface area contributed by atoms with Crippen molar-refractivity contribution in [1.82, 2.24) is 4.90 Å². The fraction of sp³-hybridized carbons (Fsp3) is 0.0667. The van der Waals surface area contributed by atoms with Gasteiger partial charge in [0.05, 0.1) is 22.2 Å². The van der Waals surface area contributed by atoms with Crippen LogP contribution >= 0.6 is 0 Å². The Balaban J connectivity index is 0.982. The van der Waals surface area contributed by atoms with Gasteiger partial charge in [-0.05, 0) is 350 Å². The van der Waals surface area contributed by atoms with Crippen molar-refractivity contribution in [2.24, 2.45) is 10.2 Å². The zero-order chi connectivity index (χ0) is 47.7. The molecule has 1 heterocycles. The summed E-state index contributed by atoms with van der Waals surface area (Å²) < 4.78 is 0. The molecule has 35 rings (SSSR count). The van der Waals surface area contributed by atoms with Gasteiger partial charge in [0.2, 0.25) is 0 Å². The molecule has 336 valence electrons.